The summed E-state index contributed by atoms with van der Waals surface area (Å²) < 4.78 is 6.48. The molecule has 1 aromatic rings. The SMILES string of the molecule is COc1ccc(Br)cc1CC1(C#N)CCC(C)(C)CC1. The first kappa shape index (κ1) is 15.4. The van der Waals surface area contributed by atoms with Gasteiger partial charge in [0.1, 0.15) is 5.75 Å². The number of benzene rings is 1. The minimum atomic E-state index is -0.233. The van der Waals surface area contributed by atoms with Crippen molar-refractivity contribution in [2.45, 2.75) is 46.0 Å². The molecule has 2 nitrogen and oxygen atoms in total. The van der Waals surface area contributed by atoms with Crippen LogP contribution in [0, 0.1) is 22.2 Å². The van der Waals surface area contributed by atoms with Crippen molar-refractivity contribution in [3.05, 3.63) is 28.2 Å². The predicted molar refractivity (Wildman–Crippen MR) is 84.7 cm³/mol. The van der Waals surface area contributed by atoms with E-state index in [1.165, 1.54) is 0 Å². The number of nitrogens with zero attached hydrogens (tertiary/aromatic N) is 1. The number of ether oxygens (including phenoxy) is 1. The number of nitriles is 1. The molecule has 1 saturated carbocycles. The van der Waals surface area contributed by atoms with Crippen LogP contribution in [0.3, 0.4) is 0 Å². The molecule has 0 heterocycles. The molecule has 0 spiro atoms. The fraction of sp³-hybridized carbons (Fsp3) is 0.588. The zero-order valence-corrected chi connectivity index (χ0v) is 14.1. The zero-order chi connectivity index (χ0) is 14.8. The third-order valence-corrected chi connectivity index (χ3v) is 5.06. The standard InChI is InChI=1S/C17H22BrNO/c1-16(2)6-8-17(12-19,9-7-16)11-13-10-14(18)4-5-15(13)20-3/h4-5,10H,6-9,11H2,1-3H3. The van der Waals surface area contributed by atoms with Crippen LogP contribution >= 0.6 is 15.9 Å². The number of methoxy groups -OCH3 is 1. The summed E-state index contributed by atoms with van der Waals surface area (Å²) in [5, 5.41) is 9.70. The average Bonchev–Trinajstić information content (AvgIpc) is 2.42. The molecule has 0 bridgehead atoms. The van der Waals surface area contributed by atoms with Crippen LogP contribution in [0.15, 0.2) is 22.7 Å². The average molecular weight is 336 g/mol. The van der Waals surface area contributed by atoms with Crippen molar-refractivity contribution in [1.29, 1.82) is 5.26 Å². The molecule has 3 heteroatoms. The molecule has 1 aromatic carbocycles. The Morgan fingerprint density at radius 1 is 1.25 bits per heavy atom. The Bertz CT molecular complexity index is 520. The van der Waals surface area contributed by atoms with Crippen LogP contribution < -0.4 is 4.74 Å². The Morgan fingerprint density at radius 2 is 1.90 bits per heavy atom. The van der Waals surface area contributed by atoms with Crippen molar-refractivity contribution in [2.75, 3.05) is 7.11 Å². The summed E-state index contributed by atoms with van der Waals surface area (Å²) in [6.45, 7) is 4.60. The molecule has 20 heavy (non-hydrogen) atoms. The van der Waals surface area contributed by atoms with Crippen LogP contribution in [-0.2, 0) is 6.42 Å². The Morgan fingerprint density at radius 3 is 2.45 bits per heavy atom. The van der Waals surface area contributed by atoms with E-state index in [4.69, 9.17) is 4.74 Å². The highest BCUT2D eigenvalue weighted by Gasteiger charge is 2.39. The number of hydrogen-bond acceptors (Lipinski definition) is 2. The van der Waals surface area contributed by atoms with E-state index in [1.807, 2.05) is 12.1 Å². The van der Waals surface area contributed by atoms with E-state index in [0.717, 1.165) is 47.9 Å². The molecule has 1 aliphatic rings. The monoisotopic (exact) mass is 335 g/mol. The van der Waals surface area contributed by atoms with E-state index in [-0.39, 0.29) is 5.41 Å². The molecule has 1 aliphatic carbocycles. The van der Waals surface area contributed by atoms with Gasteiger partial charge < -0.3 is 4.74 Å². The Hall–Kier alpha value is -1.01. The van der Waals surface area contributed by atoms with E-state index < -0.39 is 0 Å². The Labute approximate surface area is 130 Å². The van der Waals surface area contributed by atoms with Crippen LogP contribution in [0.5, 0.6) is 5.75 Å². The van der Waals surface area contributed by atoms with E-state index in [9.17, 15) is 5.26 Å². The smallest absolute Gasteiger partial charge is 0.122 e. The summed E-state index contributed by atoms with van der Waals surface area (Å²) in [5.41, 5.74) is 1.27. The van der Waals surface area contributed by atoms with Gasteiger partial charge in [-0.25, -0.2) is 0 Å². The molecule has 0 aromatic heterocycles. The summed E-state index contributed by atoms with van der Waals surface area (Å²) in [7, 11) is 1.69. The van der Waals surface area contributed by atoms with Crippen molar-refractivity contribution in [2.24, 2.45) is 10.8 Å². The van der Waals surface area contributed by atoms with Crippen LogP contribution in [0.25, 0.3) is 0 Å². The van der Waals surface area contributed by atoms with Gasteiger partial charge in [-0.05, 0) is 61.3 Å². The van der Waals surface area contributed by atoms with Gasteiger partial charge in [-0.1, -0.05) is 29.8 Å². The summed E-state index contributed by atoms with van der Waals surface area (Å²) >= 11 is 3.51. The van der Waals surface area contributed by atoms with Gasteiger partial charge in [0.2, 0.25) is 0 Å². The van der Waals surface area contributed by atoms with Crippen LogP contribution in [-0.4, -0.2) is 7.11 Å². The van der Waals surface area contributed by atoms with Crippen LogP contribution in [0.4, 0.5) is 0 Å². The normalized spacial score (nSPS) is 20.1. The van der Waals surface area contributed by atoms with Crippen LogP contribution in [0.1, 0.15) is 45.1 Å². The van der Waals surface area contributed by atoms with Gasteiger partial charge in [-0.2, -0.15) is 5.26 Å². The first-order chi connectivity index (χ1) is 9.40. The number of halogens is 1. The lowest BCUT2D eigenvalue weighted by molar-refractivity contribution is 0.145. The summed E-state index contributed by atoms with van der Waals surface area (Å²) in [4.78, 5) is 0. The van der Waals surface area contributed by atoms with Gasteiger partial charge in [-0.3, -0.25) is 0 Å². The Balaban J connectivity index is 2.23. The van der Waals surface area contributed by atoms with Crippen molar-refractivity contribution in [3.8, 4) is 11.8 Å². The largest absolute Gasteiger partial charge is 0.496 e. The predicted octanol–water partition coefficient (Wildman–Crippen LogP) is 5.11. The first-order valence-electron chi connectivity index (χ1n) is 7.13. The molecule has 1 fully saturated rings. The molecule has 0 atom stereocenters. The lowest BCUT2D eigenvalue weighted by atomic mass is 9.64. The highest BCUT2D eigenvalue weighted by molar-refractivity contribution is 9.10. The number of rotatable bonds is 3. The van der Waals surface area contributed by atoms with Gasteiger partial charge in [0.15, 0.2) is 0 Å². The van der Waals surface area contributed by atoms with Crippen molar-refractivity contribution in [1.82, 2.24) is 0 Å². The Kier molecular flexibility index (Phi) is 4.44. The molecule has 2 rings (SSSR count). The quantitative estimate of drug-likeness (QED) is 0.768. The van der Waals surface area contributed by atoms with E-state index in [0.29, 0.717) is 5.41 Å². The van der Waals surface area contributed by atoms with Gasteiger partial charge in [0, 0.05) is 4.47 Å². The second kappa shape index (κ2) is 5.77. The van der Waals surface area contributed by atoms with E-state index in [1.54, 1.807) is 7.11 Å². The van der Waals surface area contributed by atoms with Crippen LogP contribution in [0.2, 0.25) is 0 Å². The summed E-state index contributed by atoms with van der Waals surface area (Å²) in [5.74, 6) is 0.882. The zero-order valence-electron chi connectivity index (χ0n) is 12.5. The minimum absolute atomic E-state index is 0.233. The van der Waals surface area contributed by atoms with Gasteiger partial charge in [0.25, 0.3) is 0 Å². The van der Waals surface area contributed by atoms with Gasteiger partial charge in [0.05, 0.1) is 18.6 Å². The first-order valence-corrected chi connectivity index (χ1v) is 7.93. The molecule has 0 saturated heterocycles. The third-order valence-electron chi connectivity index (χ3n) is 4.57. The van der Waals surface area contributed by atoms with Crippen molar-refractivity contribution >= 4 is 15.9 Å². The molecular formula is C17H22BrNO. The lowest BCUT2D eigenvalue weighted by Gasteiger charge is -2.39. The molecule has 0 amide bonds. The third kappa shape index (κ3) is 3.35. The maximum atomic E-state index is 9.70. The highest BCUT2D eigenvalue weighted by Crippen LogP contribution is 2.47. The summed E-state index contributed by atoms with van der Waals surface area (Å²) in [6, 6.07) is 8.63. The maximum absolute atomic E-state index is 9.70. The number of hydrogen-bond donors (Lipinski definition) is 0. The highest BCUT2D eigenvalue weighted by atomic mass is 79.9. The molecule has 0 unspecified atom stereocenters. The maximum Gasteiger partial charge on any atom is 0.122 e. The molecule has 0 aliphatic heterocycles. The van der Waals surface area contributed by atoms with Gasteiger partial charge in [-0.15, -0.1) is 0 Å². The second-order valence-electron chi connectivity index (χ2n) is 6.69. The van der Waals surface area contributed by atoms with E-state index in [2.05, 4.69) is 41.9 Å². The lowest BCUT2D eigenvalue weighted by Crippen LogP contribution is -2.32. The molecule has 108 valence electrons. The van der Waals surface area contributed by atoms with Crippen molar-refractivity contribution in [3.63, 3.8) is 0 Å². The summed E-state index contributed by atoms with van der Waals surface area (Å²) in [6.07, 6.45) is 4.98. The molecule has 0 N–H and O–H groups in total. The van der Waals surface area contributed by atoms with Gasteiger partial charge >= 0.3 is 0 Å². The van der Waals surface area contributed by atoms with Crippen molar-refractivity contribution < 1.29 is 4.74 Å². The fourth-order valence-electron chi connectivity index (χ4n) is 2.98. The minimum Gasteiger partial charge on any atom is -0.496 e. The second-order valence-corrected chi connectivity index (χ2v) is 7.60. The topological polar surface area (TPSA) is 33.0 Å². The molecule has 0 radical (unpaired) electrons. The molecular weight excluding hydrogens is 314 g/mol. The van der Waals surface area contributed by atoms with E-state index >= 15 is 0 Å². The fourth-order valence-corrected chi connectivity index (χ4v) is 3.39.